The smallest absolute Gasteiger partial charge is 0.475 e. The summed E-state index contributed by atoms with van der Waals surface area (Å²) in [7, 11) is 1.64. The molecule has 1 aliphatic rings. The van der Waals surface area contributed by atoms with E-state index in [4.69, 9.17) is 20.4 Å². The molecule has 12 nitrogen and oxygen atoms in total. The average molecular weight is 512 g/mol. The van der Waals surface area contributed by atoms with Crippen LogP contribution in [0.25, 0.3) is 5.52 Å². The number of aliphatic carboxylic acids is 1. The van der Waals surface area contributed by atoms with Crippen LogP contribution in [0.1, 0.15) is 36.2 Å². The minimum Gasteiger partial charge on any atom is -0.475 e. The highest BCUT2D eigenvalue weighted by atomic mass is 19.4. The highest BCUT2D eigenvalue weighted by Gasteiger charge is 2.38. The van der Waals surface area contributed by atoms with Crippen molar-refractivity contribution in [2.75, 3.05) is 24.4 Å². The number of nitrogens with one attached hydrogen (secondary N) is 2. The molecule has 3 aromatic rings. The highest BCUT2D eigenvalue weighted by molar-refractivity contribution is 6.03. The van der Waals surface area contributed by atoms with Gasteiger partial charge in [-0.2, -0.15) is 18.3 Å². The lowest BCUT2D eigenvalue weighted by Gasteiger charge is -2.29. The number of alkyl halides is 3. The second-order valence-corrected chi connectivity index (χ2v) is 8.08. The molecule has 3 aromatic heterocycles. The molecule has 0 radical (unpaired) electrons. The van der Waals surface area contributed by atoms with Gasteiger partial charge in [0.1, 0.15) is 5.69 Å². The molecule has 1 amide bonds. The van der Waals surface area contributed by atoms with Crippen LogP contribution in [-0.4, -0.2) is 73.3 Å². The molecular formula is C21H27F3N8O4. The molecule has 0 aromatic carbocycles. The van der Waals surface area contributed by atoms with Crippen molar-refractivity contribution in [3.63, 3.8) is 0 Å². The molecule has 1 fully saturated rings. The second kappa shape index (κ2) is 11.8. The van der Waals surface area contributed by atoms with Gasteiger partial charge in [0.15, 0.2) is 0 Å². The number of fused-ring (bicyclic) bond motifs is 1. The van der Waals surface area contributed by atoms with Gasteiger partial charge in [-0.05, 0) is 25.0 Å². The van der Waals surface area contributed by atoms with Crippen molar-refractivity contribution in [3.8, 4) is 0 Å². The molecule has 0 spiro atoms. The molecule has 0 unspecified atom stereocenters. The predicted molar refractivity (Wildman–Crippen MR) is 123 cm³/mol. The van der Waals surface area contributed by atoms with Crippen molar-refractivity contribution in [1.29, 1.82) is 0 Å². The number of nitrogens with two attached hydrogens (primary N) is 1. The van der Waals surface area contributed by atoms with E-state index in [1.54, 1.807) is 41.0 Å². The van der Waals surface area contributed by atoms with Crippen LogP contribution in [0.2, 0.25) is 0 Å². The number of anilines is 2. The van der Waals surface area contributed by atoms with Gasteiger partial charge in [-0.3, -0.25) is 9.48 Å². The van der Waals surface area contributed by atoms with Crippen molar-refractivity contribution in [2.45, 2.75) is 50.5 Å². The van der Waals surface area contributed by atoms with Crippen LogP contribution < -0.4 is 16.4 Å². The molecule has 15 heteroatoms. The summed E-state index contributed by atoms with van der Waals surface area (Å²) in [6, 6.07) is 3.77. The minimum atomic E-state index is -5.08. The second-order valence-electron chi connectivity index (χ2n) is 8.08. The van der Waals surface area contributed by atoms with Crippen molar-refractivity contribution >= 4 is 29.0 Å². The Morgan fingerprint density at radius 2 is 1.97 bits per heavy atom. The Hall–Kier alpha value is -3.72. The number of aromatic nitrogens is 5. The Kier molecular flexibility index (Phi) is 8.82. The van der Waals surface area contributed by atoms with E-state index in [9.17, 15) is 18.0 Å². The zero-order valence-corrected chi connectivity index (χ0v) is 19.4. The normalized spacial score (nSPS) is 17.8. The summed E-state index contributed by atoms with van der Waals surface area (Å²) in [4.78, 5) is 26.0. The van der Waals surface area contributed by atoms with Crippen LogP contribution in [0.3, 0.4) is 0 Å². The third-order valence-electron chi connectivity index (χ3n) is 5.42. The first kappa shape index (κ1) is 26.9. The lowest BCUT2D eigenvalue weighted by Crippen LogP contribution is -2.43. The number of hydrogen-bond acceptors (Lipinski definition) is 8. The monoisotopic (exact) mass is 512 g/mol. The summed E-state index contributed by atoms with van der Waals surface area (Å²) >= 11 is 0. The zero-order valence-electron chi connectivity index (χ0n) is 19.4. The molecule has 2 atom stereocenters. The minimum absolute atomic E-state index is 0.0881. The van der Waals surface area contributed by atoms with E-state index < -0.39 is 12.1 Å². The van der Waals surface area contributed by atoms with E-state index in [0.29, 0.717) is 30.5 Å². The van der Waals surface area contributed by atoms with E-state index in [0.717, 1.165) is 31.2 Å². The van der Waals surface area contributed by atoms with E-state index in [1.807, 2.05) is 6.07 Å². The quantitative estimate of drug-likeness (QED) is 0.372. The van der Waals surface area contributed by atoms with Crippen molar-refractivity contribution in [1.82, 2.24) is 24.4 Å². The first-order valence-corrected chi connectivity index (χ1v) is 11.1. The first-order chi connectivity index (χ1) is 17.1. The lowest BCUT2D eigenvalue weighted by atomic mass is 9.91. The summed E-state index contributed by atoms with van der Waals surface area (Å²) in [5.41, 5.74) is 7.98. The van der Waals surface area contributed by atoms with Gasteiger partial charge >= 0.3 is 12.1 Å². The fourth-order valence-electron chi connectivity index (χ4n) is 3.57. The zero-order chi connectivity index (χ0) is 26.3. The highest BCUT2D eigenvalue weighted by Crippen LogP contribution is 2.20. The Balaban J connectivity index is 0.000000454. The maximum absolute atomic E-state index is 12.8. The number of carbonyl (C=O) groups excluding carboxylic acids is 1. The van der Waals surface area contributed by atoms with Crippen molar-refractivity contribution < 1.29 is 32.6 Å². The number of halogens is 3. The van der Waals surface area contributed by atoms with Gasteiger partial charge in [0.2, 0.25) is 5.95 Å². The van der Waals surface area contributed by atoms with Gasteiger partial charge in [0.05, 0.1) is 36.7 Å². The van der Waals surface area contributed by atoms with Crippen LogP contribution >= 0.6 is 0 Å². The summed E-state index contributed by atoms with van der Waals surface area (Å²) in [5.74, 6) is -2.56. The third kappa shape index (κ3) is 7.14. The Morgan fingerprint density at radius 3 is 2.64 bits per heavy atom. The average Bonchev–Trinajstić information content (AvgIpc) is 3.45. The number of amides is 1. The van der Waals surface area contributed by atoms with Gasteiger partial charge in [0, 0.05) is 25.4 Å². The van der Waals surface area contributed by atoms with Crippen LogP contribution in [-0.2, 0) is 16.1 Å². The lowest BCUT2D eigenvalue weighted by molar-refractivity contribution is -0.192. The standard InChI is InChI=1S/C19H26N8O2.C2HF3O2/c1-29-9-8-26-12-13(10-22-26)23-18(28)17-7-6-14-11-21-19(25-27(14)17)24-16-5-3-2-4-15(16)20;3-2(4,5)1(6)7/h6-7,10-12,15-16H,2-5,8-9,20H2,1H3,(H,23,28)(H,24,25);(H,6,7)/t15-,16+;/m0./s1. The van der Waals surface area contributed by atoms with E-state index in [2.05, 4.69) is 25.8 Å². The topological polar surface area (TPSA) is 162 Å². The van der Waals surface area contributed by atoms with Crippen LogP contribution in [0.15, 0.2) is 30.7 Å². The molecule has 36 heavy (non-hydrogen) atoms. The van der Waals surface area contributed by atoms with Crippen molar-refractivity contribution in [3.05, 3.63) is 36.4 Å². The number of hydrogen-bond donors (Lipinski definition) is 4. The van der Waals surface area contributed by atoms with Crippen molar-refractivity contribution in [2.24, 2.45) is 5.73 Å². The van der Waals surface area contributed by atoms with E-state index >= 15 is 0 Å². The number of rotatable bonds is 7. The molecule has 1 aliphatic carbocycles. The fraction of sp³-hybridized carbons (Fsp3) is 0.476. The van der Waals surface area contributed by atoms with E-state index in [-0.39, 0.29) is 18.0 Å². The summed E-state index contributed by atoms with van der Waals surface area (Å²) in [5, 5.41) is 22.0. The van der Waals surface area contributed by atoms with E-state index in [1.165, 1.54) is 0 Å². The van der Waals surface area contributed by atoms with Gasteiger partial charge < -0.3 is 26.2 Å². The summed E-state index contributed by atoms with van der Waals surface area (Å²) in [6.45, 7) is 1.17. The molecule has 3 heterocycles. The molecular weight excluding hydrogens is 485 g/mol. The summed E-state index contributed by atoms with van der Waals surface area (Å²) < 4.78 is 40.1. The SMILES string of the molecule is COCCn1cc(NC(=O)c2ccc3cnc(N[C@@H]4CCCC[C@@H]4N)nn23)cn1.O=C(O)C(F)(F)F. The largest absolute Gasteiger partial charge is 0.490 e. The molecule has 4 rings (SSSR count). The molecule has 0 saturated heterocycles. The van der Waals surface area contributed by atoms with Crippen LogP contribution in [0.5, 0.6) is 0 Å². The maximum atomic E-state index is 12.8. The van der Waals surface area contributed by atoms with Crippen LogP contribution in [0.4, 0.5) is 24.8 Å². The molecule has 196 valence electrons. The Labute approximate surface area is 203 Å². The maximum Gasteiger partial charge on any atom is 0.490 e. The molecule has 0 bridgehead atoms. The van der Waals surface area contributed by atoms with Gasteiger partial charge in [0.25, 0.3) is 5.91 Å². The predicted octanol–water partition coefficient (Wildman–Crippen LogP) is 2.14. The Bertz CT molecular complexity index is 1180. The number of nitrogens with zero attached hydrogens (tertiary/aromatic N) is 5. The third-order valence-corrected chi connectivity index (χ3v) is 5.42. The summed E-state index contributed by atoms with van der Waals surface area (Å²) in [6.07, 6.45) is 4.27. The Morgan fingerprint density at radius 1 is 1.25 bits per heavy atom. The number of methoxy groups -OCH3 is 1. The van der Waals surface area contributed by atoms with Gasteiger partial charge in [-0.1, -0.05) is 12.8 Å². The number of carbonyl (C=O) groups is 2. The fourth-order valence-corrected chi connectivity index (χ4v) is 3.57. The van der Waals surface area contributed by atoms with Crippen LogP contribution in [0, 0.1) is 0 Å². The molecule has 1 saturated carbocycles. The number of carboxylic acids is 1. The first-order valence-electron chi connectivity index (χ1n) is 11.1. The van der Waals surface area contributed by atoms with Gasteiger partial charge in [-0.25, -0.2) is 14.3 Å². The van der Waals surface area contributed by atoms with Gasteiger partial charge in [-0.15, -0.1) is 5.10 Å². The molecule has 5 N–H and O–H groups in total. The molecule has 0 aliphatic heterocycles. The number of carboxylic acid groups (broad SMARTS) is 1. The number of ether oxygens (including phenoxy) is 1.